The van der Waals surface area contributed by atoms with E-state index in [1.54, 1.807) is 30.5 Å². The fraction of sp³-hybridized carbons (Fsp3) is 0.205. The summed E-state index contributed by atoms with van der Waals surface area (Å²) in [5.41, 5.74) is 6.82. The van der Waals surface area contributed by atoms with Crippen LogP contribution in [0, 0.1) is 25.2 Å². The van der Waals surface area contributed by atoms with Crippen molar-refractivity contribution >= 4 is 18.1 Å². The molecule has 6 rings (SSSR count). The highest BCUT2D eigenvalue weighted by molar-refractivity contribution is 5.92. The number of nitrogens with zero attached hydrogens (tertiary/aromatic N) is 4. The summed E-state index contributed by atoms with van der Waals surface area (Å²) in [5, 5.41) is 8.96. The van der Waals surface area contributed by atoms with Gasteiger partial charge in [-0.2, -0.15) is 5.26 Å². The number of benzene rings is 4. The number of aromatic nitrogens is 1. The molecule has 0 saturated carbocycles. The molecular formula is C44H42N4O4. The van der Waals surface area contributed by atoms with Gasteiger partial charge >= 0.3 is 0 Å². The maximum Gasteiger partial charge on any atom is 0.246 e. The first-order valence-electron chi connectivity index (χ1n) is 17.4. The summed E-state index contributed by atoms with van der Waals surface area (Å²) in [5.74, 6) is 2.71. The first kappa shape index (κ1) is 35.6. The highest BCUT2D eigenvalue weighted by Crippen LogP contribution is 2.30. The Hall–Kier alpha value is -6.17. The zero-order valence-electron chi connectivity index (χ0n) is 29.6. The largest absolute Gasteiger partial charge is 0.490 e. The van der Waals surface area contributed by atoms with Crippen LogP contribution in [-0.4, -0.2) is 53.5 Å². The van der Waals surface area contributed by atoms with Crippen molar-refractivity contribution in [1.82, 2.24) is 14.8 Å². The summed E-state index contributed by atoms with van der Waals surface area (Å²) in [6.07, 6.45) is 9.27. The van der Waals surface area contributed by atoms with Crippen LogP contribution in [0.25, 0.3) is 12.2 Å². The van der Waals surface area contributed by atoms with Gasteiger partial charge in [-0.15, -0.1) is 0 Å². The molecule has 8 nitrogen and oxygen atoms in total. The van der Waals surface area contributed by atoms with Gasteiger partial charge in [0.25, 0.3) is 0 Å². The van der Waals surface area contributed by atoms with Gasteiger partial charge in [0.15, 0.2) is 0 Å². The smallest absolute Gasteiger partial charge is 0.246 e. The molecule has 8 heteroatoms. The number of para-hydroxylation sites is 1. The second-order valence-electron chi connectivity index (χ2n) is 12.7. The molecule has 1 amide bonds. The highest BCUT2D eigenvalue weighted by atomic mass is 16.5. The van der Waals surface area contributed by atoms with Crippen molar-refractivity contribution in [2.75, 3.05) is 32.8 Å². The number of hydrogen-bond acceptors (Lipinski definition) is 7. The van der Waals surface area contributed by atoms with Crippen molar-refractivity contribution in [1.29, 1.82) is 5.26 Å². The summed E-state index contributed by atoms with van der Waals surface area (Å²) in [6.45, 7) is 8.80. The van der Waals surface area contributed by atoms with Crippen LogP contribution in [0.2, 0.25) is 0 Å². The van der Waals surface area contributed by atoms with Gasteiger partial charge in [0.05, 0.1) is 17.8 Å². The third-order valence-electron chi connectivity index (χ3n) is 8.77. The second kappa shape index (κ2) is 17.7. The molecule has 1 aliphatic heterocycles. The Morgan fingerprint density at radius 2 is 1.50 bits per heavy atom. The van der Waals surface area contributed by atoms with Crippen LogP contribution in [-0.2, 0) is 17.9 Å². The van der Waals surface area contributed by atoms with E-state index in [4.69, 9.17) is 19.5 Å². The van der Waals surface area contributed by atoms with Crippen LogP contribution < -0.4 is 14.2 Å². The Kier molecular flexibility index (Phi) is 12.1. The quantitative estimate of drug-likeness (QED) is 0.115. The van der Waals surface area contributed by atoms with Crippen molar-refractivity contribution in [3.05, 3.63) is 160 Å². The third-order valence-corrected chi connectivity index (χ3v) is 8.77. The van der Waals surface area contributed by atoms with Crippen molar-refractivity contribution < 1.29 is 19.0 Å². The third kappa shape index (κ3) is 10.2. The number of piperazine rings is 1. The number of aryl methyl sites for hydroxylation is 2. The fourth-order valence-corrected chi connectivity index (χ4v) is 5.94. The summed E-state index contributed by atoms with van der Waals surface area (Å²) >= 11 is 0. The molecule has 1 fully saturated rings. The van der Waals surface area contributed by atoms with Crippen molar-refractivity contribution in [3.8, 4) is 29.2 Å². The highest BCUT2D eigenvalue weighted by Gasteiger charge is 2.20. The van der Waals surface area contributed by atoms with E-state index in [0.29, 0.717) is 43.5 Å². The molecule has 0 aliphatic carbocycles. The number of amides is 1. The van der Waals surface area contributed by atoms with Gasteiger partial charge in [-0.1, -0.05) is 60.7 Å². The van der Waals surface area contributed by atoms with E-state index >= 15 is 0 Å². The first-order chi connectivity index (χ1) is 25.4. The maximum absolute atomic E-state index is 13.1. The Morgan fingerprint density at radius 3 is 2.17 bits per heavy atom. The number of pyridine rings is 1. The van der Waals surface area contributed by atoms with Crippen molar-refractivity contribution in [2.24, 2.45) is 0 Å². The molecule has 0 spiro atoms. The predicted molar refractivity (Wildman–Crippen MR) is 204 cm³/mol. The van der Waals surface area contributed by atoms with E-state index in [0.717, 1.165) is 59.0 Å². The molecule has 5 aromatic rings. The second-order valence-corrected chi connectivity index (χ2v) is 12.7. The summed E-state index contributed by atoms with van der Waals surface area (Å²) < 4.78 is 17.7. The van der Waals surface area contributed by atoms with E-state index in [-0.39, 0.29) is 5.91 Å². The summed E-state index contributed by atoms with van der Waals surface area (Å²) in [4.78, 5) is 21.8. The lowest BCUT2D eigenvalue weighted by atomic mass is 10.1. The molecule has 0 unspecified atom stereocenters. The minimum Gasteiger partial charge on any atom is -0.490 e. The zero-order valence-corrected chi connectivity index (χ0v) is 29.6. The van der Waals surface area contributed by atoms with Gasteiger partial charge in [0, 0.05) is 44.9 Å². The number of ether oxygens (including phenoxy) is 3. The zero-order chi connectivity index (χ0) is 36.1. The Balaban J connectivity index is 0.934. The van der Waals surface area contributed by atoms with E-state index in [2.05, 4.69) is 46.3 Å². The number of rotatable bonds is 13. The van der Waals surface area contributed by atoms with E-state index in [9.17, 15) is 4.79 Å². The van der Waals surface area contributed by atoms with Crippen LogP contribution >= 0.6 is 0 Å². The summed E-state index contributed by atoms with van der Waals surface area (Å²) in [7, 11) is 0. The van der Waals surface area contributed by atoms with E-state index < -0.39 is 0 Å². The molecule has 1 saturated heterocycles. The normalized spacial score (nSPS) is 13.3. The molecular weight excluding hydrogens is 649 g/mol. The number of carbonyl (C=O) groups excluding carboxylic acids is 1. The Labute approximate surface area is 305 Å². The molecule has 0 N–H and O–H groups in total. The average Bonchev–Trinajstić information content (AvgIpc) is 3.18. The van der Waals surface area contributed by atoms with Crippen LogP contribution in [0.1, 0.15) is 38.9 Å². The minimum atomic E-state index is 0.0216. The summed E-state index contributed by atoms with van der Waals surface area (Å²) in [6, 6.07) is 35.4. The predicted octanol–water partition coefficient (Wildman–Crippen LogP) is 8.39. The van der Waals surface area contributed by atoms with Gasteiger partial charge in [-0.05, 0) is 102 Å². The first-order valence-corrected chi connectivity index (χ1v) is 17.4. The van der Waals surface area contributed by atoms with Crippen LogP contribution in [0.15, 0.2) is 121 Å². The van der Waals surface area contributed by atoms with Crippen molar-refractivity contribution in [2.45, 2.75) is 27.0 Å². The lowest BCUT2D eigenvalue weighted by molar-refractivity contribution is -0.127. The van der Waals surface area contributed by atoms with Gasteiger partial charge in [0.1, 0.15) is 30.5 Å². The minimum absolute atomic E-state index is 0.0216. The Bertz CT molecular complexity index is 2000. The maximum atomic E-state index is 13.1. The average molecular weight is 691 g/mol. The van der Waals surface area contributed by atoms with Crippen LogP contribution in [0.3, 0.4) is 0 Å². The molecule has 52 heavy (non-hydrogen) atoms. The lowest BCUT2D eigenvalue weighted by Gasteiger charge is -2.34. The molecule has 1 aliphatic rings. The van der Waals surface area contributed by atoms with E-state index in [1.165, 1.54) is 5.56 Å². The van der Waals surface area contributed by atoms with Gasteiger partial charge in [-0.3, -0.25) is 9.69 Å². The van der Waals surface area contributed by atoms with Crippen molar-refractivity contribution in [3.63, 3.8) is 0 Å². The van der Waals surface area contributed by atoms with Crippen LogP contribution in [0.5, 0.6) is 23.1 Å². The molecule has 0 atom stereocenters. The molecule has 2 heterocycles. The van der Waals surface area contributed by atoms with Crippen LogP contribution in [0.4, 0.5) is 0 Å². The monoisotopic (exact) mass is 690 g/mol. The molecule has 0 bridgehead atoms. The van der Waals surface area contributed by atoms with Gasteiger partial charge < -0.3 is 19.1 Å². The Morgan fingerprint density at radius 1 is 0.788 bits per heavy atom. The SMILES string of the molecule is Cc1cc(C=CC(=O)N2CCN(Cc3ccc(C=CCOc4ccccc4)cc3)CC2)cc(C)c1Oc1ccc(OCc2ccc(C#N)cc2)cn1. The van der Waals surface area contributed by atoms with Gasteiger partial charge in [0.2, 0.25) is 11.8 Å². The number of hydrogen-bond donors (Lipinski definition) is 0. The van der Waals surface area contributed by atoms with E-state index in [1.807, 2.05) is 91.6 Å². The standard InChI is InChI=1S/C44H42N4O4/c1-33-27-39(28-34(2)44(33)52-42-20-19-41(30-46-42)51-32-38-16-12-36(29-45)13-17-38)18-21-43(49)48-24-22-47(23-25-48)31-37-14-10-35(11-15-37)7-6-26-50-40-8-4-3-5-9-40/h3-21,27-28,30H,22-26,31-32H2,1-2H3. The molecule has 0 radical (unpaired) electrons. The lowest BCUT2D eigenvalue weighted by Crippen LogP contribution is -2.47. The number of nitriles is 1. The van der Waals surface area contributed by atoms with Gasteiger partial charge in [-0.25, -0.2) is 4.98 Å². The fourth-order valence-electron chi connectivity index (χ4n) is 5.94. The molecule has 4 aromatic carbocycles. The number of carbonyl (C=O) groups is 1. The topological polar surface area (TPSA) is 87.9 Å². The molecule has 1 aromatic heterocycles. The molecule has 262 valence electrons.